The first-order valence-corrected chi connectivity index (χ1v) is 8.64. The van der Waals surface area contributed by atoms with Crippen LogP contribution in [-0.2, 0) is 10.0 Å². The molecule has 2 fully saturated rings. The van der Waals surface area contributed by atoms with E-state index in [0.717, 1.165) is 23.5 Å². The van der Waals surface area contributed by atoms with Gasteiger partial charge in [-0.1, -0.05) is 11.6 Å². The predicted octanol–water partition coefficient (Wildman–Crippen LogP) is 2.28. The minimum absolute atomic E-state index is 0.195. The monoisotopic (exact) mass is 295 g/mol. The Bertz CT molecular complexity index is 513. The van der Waals surface area contributed by atoms with Crippen molar-refractivity contribution in [2.45, 2.75) is 21.9 Å². The molecule has 3 rings (SSSR count). The van der Waals surface area contributed by atoms with E-state index in [0.29, 0.717) is 20.3 Å². The summed E-state index contributed by atoms with van der Waals surface area (Å²) in [5.41, 5.74) is 0. The molecular weight excluding hydrogens is 286 g/mol. The molecule has 16 heavy (non-hydrogen) atoms. The second-order valence-electron chi connectivity index (χ2n) is 3.98. The zero-order chi connectivity index (χ0) is 11.3. The number of sulfonamides is 1. The van der Waals surface area contributed by atoms with Gasteiger partial charge in [-0.05, 0) is 18.6 Å². The van der Waals surface area contributed by atoms with Crippen LogP contribution < -0.4 is 0 Å². The van der Waals surface area contributed by atoms with Crippen molar-refractivity contribution in [2.75, 3.05) is 12.3 Å². The Morgan fingerprint density at radius 2 is 2.25 bits per heavy atom. The van der Waals surface area contributed by atoms with E-state index in [4.69, 9.17) is 11.6 Å². The second-order valence-corrected chi connectivity index (χ2v) is 9.14. The Kier molecular flexibility index (Phi) is 2.75. The Labute approximate surface area is 108 Å². The number of halogens is 1. The number of hydrogen-bond acceptors (Lipinski definition) is 4. The van der Waals surface area contributed by atoms with Crippen molar-refractivity contribution in [2.24, 2.45) is 0 Å². The van der Waals surface area contributed by atoms with Gasteiger partial charge < -0.3 is 0 Å². The molecule has 0 spiro atoms. The van der Waals surface area contributed by atoms with Gasteiger partial charge in [-0.2, -0.15) is 16.1 Å². The van der Waals surface area contributed by atoms with Gasteiger partial charge in [-0.25, -0.2) is 8.42 Å². The molecule has 2 saturated heterocycles. The van der Waals surface area contributed by atoms with E-state index in [9.17, 15) is 8.42 Å². The van der Waals surface area contributed by atoms with Gasteiger partial charge in [0.25, 0.3) is 10.0 Å². The molecule has 3 heterocycles. The molecule has 3 nitrogen and oxygen atoms in total. The number of hydrogen-bond donors (Lipinski definition) is 0. The predicted molar refractivity (Wildman–Crippen MR) is 67.9 cm³/mol. The lowest BCUT2D eigenvalue weighted by Gasteiger charge is -2.24. The highest BCUT2D eigenvalue weighted by molar-refractivity contribution is 8.00. The smallest absolute Gasteiger partial charge is 0.206 e. The zero-order valence-electron chi connectivity index (χ0n) is 8.30. The molecule has 0 N–H and O–H groups in total. The SMILES string of the molecule is O=S(=O)(c1ccc(Cl)s1)N1CC2CC1CS2. The molecule has 0 amide bonds. The first-order valence-electron chi connectivity index (χ1n) is 4.96. The summed E-state index contributed by atoms with van der Waals surface area (Å²) in [5.74, 6) is 0.934. The van der Waals surface area contributed by atoms with Crippen LogP contribution in [0.1, 0.15) is 6.42 Å². The molecule has 88 valence electrons. The van der Waals surface area contributed by atoms with Crippen molar-refractivity contribution in [3.05, 3.63) is 16.5 Å². The number of nitrogens with zero attached hydrogens (tertiary/aromatic N) is 1. The van der Waals surface area contributed by atoms with E-state index in [1.165, 1.54) is 0 Å². The van der Waals surface area contributed by atoms with Crippen LogP contribution >= 0.6 is 34.7 Å². The van der Waals surface area contributed by atoms with Crippen molar-refractivity contribution in [3.8, 4) is 0 Å². The minimum atomic E-state index is -3.29. The molecule has 2 atom stereocenters. The summed E-state index contributed by atoms with van der Waals surface area (Å²) >= 11 is 8.81. The highest BCUT2D eigenvalue weighted by atomic mass is 35.5. The fourth-order valence-corrected chi connectivity index (χ4v) is 7.13. The Morgan fingerprint density at radius 3 is 2.75 bits per heavy atom. The third-order valence-electron chi connectivity index (χ3n) is 2.96. The lowest BCUT2D eigenvalue weighted by Crippen LogP contribution is -2.38. The van der Waals surface area contributed by atoms with E-state index in [1.54, 1.807) is 16.4 Å². The zero-order valence-corrected chi connectivity index (χ0v) is 11.5. The maximum atomic E-state index is 12.3. The van der Waals surface area contributed by atoms with Crippen LogP contribution in [0.25, 0.3) is 0 Å². The molecule has 0 aromatic carbocycles. The largest absolute Gasteiger partial charge is 0.252 e. The average molecular weight is 296 g/mol. The van der Waals surface area contributed by atoms with Crippen LogP contribution in [0.5, 0.6) is 0 Å². The van der Waals surface area contributed by atoms with E-state index in [-0.39, 0.29) is 6.04 Å². The first-order chi connectivity index (χ1) is 7.57. The number of thiophene rings is 1. The summed E-state index contributed by atoms with van der Waals surface area (Å²) in [4.78, 5) is 0. The summed E-state index contributed by atoms with van der Waals surface area (Å²) < 4.78 is 27.2. The molecule has 2 bridgehead atoms. The third kappa shape index (κ3) is 1.71. The Balaban J connectivity index is 1.94. The summed E-state index contributed by atoms with van der Waals surface area (Å²) in [7, 11) is -3.29. The summed E-state index contributed by atoms with van der Waals surface area (Å²) in [6.07, 6.45) is 1.00. The molecule has 1 aromatic heterocycles. The molecule has 0 aliphatic carbocycles. The van der Waals surface area contributed by atoms with Gasteiger partial charge in [0.15, 0.2) is 0 Å². The van der Waals surface area contributed by atoms with E-state index in [1.807, 2.05) is 11.8 Å². The lowest BCUT2D eigenvalue weighted by molar-refractivity contribution is 0.411. The van der Waals surface area contributed by atoms with Gasteiger partial charge in [0.1, 0.15) is 4.21 Å². The molecule has 0 saturated carbocycles. The number of fused-ring (bicyclic) bond motifs is 2. The van der Waals surface area contributed by atoms with Crippen molar-refractivity contribution in [3.63, 3.8) is 0 Å². The summed E-state index contributed by atoms with van der Waals surface area (Å²) in [6, 6.07) is 3.43. The van der Waals surface area contributed by atoms with Crippen molar-refractivity contribution >= 4 is 44.7 Å². The van der Waals surface area contributed by atoms with Crippen LogP contribution in [0.3, 0.4) is 0 Å². The van der Waals surface area contributed by atoms with Crippen molar-refractivity contribution < 1.29 is 8.42 Å². The Morgan fingerprint density at radius 1 is 1.44 bits per heavy atom. The maximum absolute atomic E-state index is 12.3. The van der Waals surface area contributed by atoms with Gasteiger partial charge in [-0.3, -0.25) is 0 Å². The summed E-state index contributed by atoms with van der Waals surface area (Å²) in [5, 5.41) is 0.496. The maximum Gasteiger partial charge on any atom is 0.252 e. The third-order valence-corrected chi connectivity index (χ3v) is 7.97. The highest BCUT2D eigenvalue weighted by Crippen LogP contribution is 2.41. The van der Waals surface area contributed by atoms with E-state index >= 15 is 0 Å². The van der Waals surface area contributed by atoms with Gasteiger partial charge in [0.2, 0.25) is 0 Å². The number of rotatable bonds is 2. The van der Waals surface area contributed by atoms with Crippen molar-refractivity contribution in [1.29, 1.82) is 0 Å². The fraction of sp³-hybridized carbons (Fsp3) is 0.556. The molecule has 0 radical (unpaired) electrons. The van der Waals surface area contributed by atoms with Crippen LogP contribution in [0.15, 0.2) is 16.3 Å². The molecule has 2 aliphatic rings. The Hall–Kier alpha value is 0.250. The van der Waals surface area contributed by atoms with Crippen LogP contribution in [0.4, 0.5) is 0 Å². The molecule has 7 heteroatoms. The fourth-order valence-electron chi connectivity index (χ4n) is 2.21. The van der Waals surface area contributed by atoms with Gasteiger partial charge >= 0.3 is 0 Å². The number of thioether (sulfide) groups is 1. The first kappa shape index (κ1) is 11.3. The molecule has 2 unspecified atom stereocenters. The van der Waals surface area contributed by atoms with Crippen LogP contribution in [0, 0.1) is 0 Å². The summed E-state index contributed by atoms with van der Waals surface area (Å²) in [6.45, 7) is 0.660. The minimum Gasteiger partial charge on any atom is -0.206 e. The second kappa shape index (κ2) is 3.88. The van der Waals surface area contributed by atoms with Gasteiger partial charge in [0, 0.05) is 23.6 Å². The van der Waals surface area contributed by atoms with E-state index < -0.39 is 10.0 Å². The van der Waals surface area contributed by atoms with E-state index in [2.05, 4.69) is 0 Å². The average Bonchev–Trinajstić information content (AvgIpc) is 2.91. The van der Waals surface area contributed by atoms with Gasteiger partial charge in [-0.15, -0.1) is 11.3 Å². The van der Waals surface area contributed by atoms with Crippen LogP contribution in [0.2, 0.25) is 4.34 Å². The quantitative estimate of drug-likeness (QED) is 0.840. The van der Waals surface area contributed by atoms with Crippen molar-refractivity contribution in [1.82, 2.24) is 4.31 Å². The lowest BCUT2D eigenvalue weighted by atomic mass is 10.3. The molecular formula is C9H10ClNO2S3. The normalized spacial score (nSPS) is 30.1. The van der Waals surface area contributed by atoms with Gasteiger partial charge in [0.05, 0.1) is 4.34 Å². The molecule has 1 aromatic rings. The van der Waals surface area contributed by atoms with Crippen LogP contribution in [-0.4, -0.2) is 36.3 Å². The topological polar surface area (TPSA) is 37.4 Å². The standard InChI is InChI=1S/C9H10ClNO2S3/c10-8-1-2-9(15-8)16(12,13)11-4-7-3-6(11)5-14-7/h1-2,6-7H,3-5H2. The molecule has 2 aliphatic heterocycles. The highest BCUT2D eigenvalue weighted by Gasteiger charge is 2.45.